The van der Waals surface area contributed by atoms with Gasteiger partial charge in [-0.05, 0) is 18.9 Å². The van der Waals surface area contributed by atoms with Gasteiger partial charge in [0.25, 0.3) is 0 Å². The predicted octanol–water partition coefficient (Wildman–Crippen LogP) is 3.35. The fraction of sp³-hybridized carbons (Fsp3) is 0.400. The lowest BCUT2D eigenvalue weighted by Crippen LogP contribution is -2.36. The smallest absolute Gasteiger partial charge is 0.106 e. The van der Waals surface area contributed by atoms with Gasteiger partial charge in [0.1, 0.15) is 5.82 Å². The summed E-state index contributed by atoms with van der Waals surface area (Å²) >= 11 is 0. The molecule has 5 nitrogen and oxygen atoms in total. The standard InChI is InChI=1S/C20H25N5/c1-3-19-23-14(2)17(24-19)12-25-10-9-16-20(22-13-21-16)18(25)11-15-7-5-4-6-8-15/h4-8,13,18H,3,9-12H2,1-2H3,(H,21,22)(H,23,24)/t18-/m1/s1. The number of nitrogens with zero attached hydrogens (tertiary/aromatic N) is 3. The highest BCUT2D eigenvalue weighted by Crippen LogP contribution is 2.31. The number of aromatic amines is 2. The Kier molecular flexibility index (Phi) is 4.40. The molecule has 1 aromatic carbocycles. The Balaban J connectivity index is 1.62. The maximum Gasteiger partial charge on any atom is 0.106 e. The largest absolute Gasteiger partial charge is 0.348 e. The Morgan fingerprint density at radius 1 is 1.24 bits per heavy atom. The molecule has 5 heteroatoms. The third-order valence-corrected chi connectivity index (χ3v) is 5.15. The maximum absolute atomic E-state index is 4.78. The van der Waals surface area contributed by atoms with Gasteiger partial charge < -0.3 is 9.97 Å². The Bertz CT molecular complexity index is 833. The molecule has 1 aliphatic heterocycles. The van der Waals surface area contributed by atoms with Crippen LogP contribution < -0.4 is 0 Å². The van der Waals surface area contributed by atoms with Crippen molar-refractivity contribution in [2.24, 2.45) is 0 Å². The maximum atomic E-state index is 4.78. The van der Waals surface area contributed by atoms with E-state index in [0.29, 0.717) is 6.04 Å². The average molecular weight is 335 g/mol. The highest BCUT2D eigenvalue weighted by molar-refractivity contribution is 5.25. The highest BCUT2D eigenvalue weighted by atomic mass is 15.2. The van der Waals surface area contributed by atoms with Crippen LogP contribution in [0.4, 0.5) is 0 Å². The van der Waals surface area contributed by atoms with Gasteiger partial charge in [-0.1, -0.05) is 37.3 Å². The minimum Gasteiger partial charge on any atom is -0.348 e. The van der Waals surface area contributed by atoms with Crippen LogP contribution in [0.2, 0.25) is 0 Å². The van der Waals surface area contributed by atoms with Gasteiger partial charge in [-0.3, -0.25) is 4.90 Å². The van der Waals surface area contributed by atoms with Crippen molar-refractivity contribution >= 4 is 0 Å². The third-order valence-electron chi connectivity index (χ3n) is 5.15. The molecule has 0 aliphatic carbocycles. The predicted molar refractivity (Wildman–Crippen MR) is 98.3 cm³/mol. The van der Waals surface area contributed by atoms with Gasteiger partial charge >= 0.3 is 0 Å². The highest BCUT2D eigenvalue weighted by Gasteiger charge is 2.30. The Labute approximate surface area is 148 Å². The van der Waals surface area contributed by atoms with E-state index in [0.717, 1.165) is 43.9 Å². The molecule has 0 saturated carbocycles. The van der Waals surface area contributed by atoms with Crippen LogP contribution in [0.1, 0.15) is 47.1 Å². The molecule has 130 valence electrons. The van der Waals surface area contributed by atoms with E-state index in [1.54, 1.807) is 0 Å². The van der Waals surface area contributed by atoms with Crippen molar-refractivity contribution in [3.8, 4) is 0 Å². The summed E-state index contributed by atoms with van der Waals surface area (Å²) in [7, 11) is 0. The van der Waals surface area contributed by atoms with Crippen LogP contribution in [0.25, 0.3) is 0 Å². The number of imidazole rings is 2. The summed E-state index contributed by atoms with van der Waals surface area (Å²) < 4.78 is 0. The number of aryl methyl sites for hydroxylation is 2. The second kappa shape index (κ2) is 6.84. The number of fused-ring (bicyclic) bond motifs is 1. The molecule has 25 heavy (non-hydrogen) atoms. The van der Waals surface area contributed by atoms with Gasteiger partial charge in [0.2, 0.25) is 0 Å². The Morgan fingerprint density at radius 2 is 2.08 bits per heavy atom. The first-order chi connectivity index (χ1) is 12.2. The number of hydrogen-bond donors (Lipinski definition) is 2. The zero-order valence-electron chi connectivity index (χ0n) is 14.9. The number of benzene rings is 1. The van der Waals surface area contributed by atoms with Crippen LogP contribution in [-0.2, 0) is 25.8 Å². The molecule has 0 bridgehead atoms. The lowest BCUT2D eigenvalue weighted by Gasteiger charge is -2.34. The molecule has 2 aromatic heterocycles. The zero-order chi connectivity index (χ0) is 17.2. The van der Waals surface area contributed by atoms with Crippen LogP contribution in [0, 0.1) is 6.92 Å². The van der Waals surface area contributed by atoms with E-state index >= 15 is 0 Å². The fourth-order valence-corrected chi connectivity index (χ4v) is 3.73. The molecule has 2 N–H and O–H groups in total. The van der Waals surface area contributed by atoms with E-state index in [9.17, 15) is 0 Å². The number of H-pyrrole nitrogens is 2. The van der Waals surface area contributed by atoms with Crippen molar-refractivity contribution in [2.45, 2.75) is 45.7 Å². The van der Waals surface area contributed by atoms with Crippen molar-refractivity contribution in [2.75, 3.05) is 6.54 Å². The van der Waals surface area contributed by atoms with E-state index in [1.165, 1.54) is 22.6 Å². The van der Waals surface area contributed by atoms with Gasteiger partial charge in [0.05, 0.1) is 23.8 Å². The topological polar surface area (TPSA) is 60.6 Å². The first-order valence-electron chi connectivity index (χ1n) is 9.09. The van der Waals surface area contributed by atoms with Gasteiger partial charge in [0, 0.05) is 37.3 Å². The van der Waals surface area contributed by atoms with Gasteiger partial charge in [-0.25, -0.2) is 9.97 Å². The van der Waals surface area contributed by atoms with Crippen molar-refractivity contribution in [3.63, 3.8) is 0 Å². The molecule has 1 atom stereocenters. The van der Waals surface area contributed by atoms with E-state index in [4.69, 9.17) is 4.98 Å². The second-order valence-corrected chi connectivity index (χ2v) is 6.80. The molecule has 3 aromatic rings. The molecule has 0 amide bonds. The van der Waals surface area contributed by atoms with Crippen molar-refractivity contribution in [3.05, 3.63) is 70.8 Å². The van der Waals surface area contributed by atoms with Crippen LogP contribution in [0.15, 0.2) is 36.7 Å². The average Bonchev–Trinajstić information content (AvgIpc) is 3.24. The quantitative estimate of drug-likeness (QED) is 0.752. The molecule has 0 saturated heterocycles. The summed E-state index contributed by atoms with van der Waals surface area (Å²) in [4.78, 5) is 18.7. The van der Waals surface area contributed by atoms with Crippen LogP contribution in [-0.4, -0.2) is 31.4 Å². The molecule has 1 aliphatic rings. The normalized spacial score (nSPS) is 17.6. The van der Waals surface area contributed by atoms with E-state index in [-0.39, 0.29) is 0 Å². The van der Waals surface area contributed by atoms with Crippen LogP contribution in [0.3, 0.4) is 0 Å². The molecule has 0 spiro atoms. The molecular weight excluding hydrogens is 310 g/mol. The molecule has 0 fully saturated rings. The number of nitrogens with one attached hydrogen (secondary N) is 2. The Hall–Kier alpha value is -2.40. The minimum absolute atomic E-state index is 0.290. The molecule has 4 rings (SSSR count). The van der Waals surface area contributed by atoms with Crippen LogP contribution >= 0.6 is 0 Å². The summed E-state index contributed by atoms with van der Waals surface area (Å²) in [6, 6.07) is 11.0. The van der Waals surface area contributed by atoms with Crippen molar-refractivity contribution in [1.82, 2.24) is 24.8 Å². The number of hydrogen-bond acceptors (Lipinski definition) is 3. The van der Waals surface area contributed by atoms with Crippen molar-refractivity contribution in [1.29, 1.82) is 0 Å². The van der Waals surface area contributed by atoms with Crippen molar-refractivity contribution < 1.29 is 0 Å². The number of rotatable bonds is 5. The lowest BCUT2D eigenvalue weighted by molar-refractivity contribution is 0.168. The Morgan fingerprint density at radius 3 is 2.84 bits per heavy atom. The number of aromatic nitrogens is 4. The van der Waals surface area contributed by atoms with E-state index in [1.807, 2.05) is 6.33 Å². The minimum atomic E-state index is 0.290. The molecule has 0 radical (unpaired) electrons. The summed E-state index contributed by atoms with van der Waals surface area (Å²) in [5.41, 5.74) is 6.17. The third kappa shape index (κ3) is 3.24. The second-order valence-electron chi connectivity index (χ2n) is 6.80. The summed E-state index contributed by atoms with van der Waals surface area (Å²) in [6.45, 7) is 6.15. The monoisotopic (exact) mass is 335 g/mol. The van der Waals surface area contributed by atoms with Gasteiger partial charge in [-0.15, -0.1) is 0 Å². The summed E-state index contributed by atoms with van der Waals surface area (Å²) in [6.07, 6.45) is 4.77. The van der Waals surface area contributed by atoms with E-state index < -0.39 is 0 Å². The zero-order valence-corrected chi connectivity index (χ0v) is 14.9. The SMILES string of the molecule is CCc1nc(CN2CCc3[nH]cnc3[C@H]2Cc2ccccc2)c(C)[nH]1. The fourth-order valence-electron chi connectivity index (χ4n) is 3.73. The molecule has 3 heterocycles. The summed E-state index contributed by atoms with van der Waals surface area (Å²) in [5, 5.41) is 0. The first-order valence-corrected chi connectivity index (χ1v) is 9.09. The lowest BCUT2D eigenvalue weighted by atomic mass is 9.96. The molecular formula is C20H25N5. The molecule has 0 unspecified atom stereocenters. The van der Waals surface area contributed by atoms with Gasteiger partial charge in [0.15, 0.2) is 0 Å². The summed E-state index contributed by atoms with van der Waals surface area (Å²) in [5.74, 6) is 1.07. The van der Waals surface area contributed by atoms with E-state index in [2.05, 4.69) is 64.0 Å². The first kappa shape index (κ1) is 16.1. The van der Waals surface area contributed by atoms with Gasteiger partial charge in [-0.2, -0.15) is 0 Å². The van der Waals surface area contributed by atoms with Crippen LogP contribution in [0.5, 0.6) is 0 Å².